The maximum Gasteiger partial charge on any atom is 0.228 e. The van der Waals surface area contributed by atoms with Crippen LogP contribution in [0.3, 0.4) is 0 Å². The topological polar surface area (TPSA) is 59.4 Å². The minimum Gasteiger partial charge on any atom is -0.495 e. The summed E-state index contributed by atoms with van der Waals surface area (Å²) in [5.41, 5.74) is 2.93. The van der Waals surface area contributed by atoms with Gasteiger partial charge in [-0.05, 0) is 57.5 Å². The van der Waals surface area contributed by atoms with Crippen LogP contribution in [-0.4, -0.2) is 40.6 Å². The number of rotatable bonds is 6. The van der Waals surface area contributed by atoms with Gasteiger partial charge in [-0.3, -0.25) is 9.69 Å². The van der Waals surface area contributed by atoms with E-state index in [-0.39, 0.29) is 11.8 Å². The summed E-state index contributed by atoms with van der Waals surface area (Å²) >= 11 is 0. The molecule has 1 saturated heterocycles. The lowest BCUT2D eigenvalue weighted by Gasteiger charge is -2.32. The van der Waals surface area contributed by atoms with Gasteiger partial charge < -0.3 is 14.6 Å². The Morgan fingerprint density at radius 2 is 1.97 bits per heavy atom. The maximum absolute atomic E-state index is 12.9. The van der Waals surface area contributed by atoms with E-state index in [1.807, 2.05) is 30.3 Å². The monoisotopic (exact) mass is 406 g/mol. The van der Waals surface area contributed by atoms with Gasteiger partial charge in [0, 0.05) is 12.6 Å². The van der Waals surface area contributed by atoms with Crippen molar-refractivity contribution in [2.24, 2.45) is 5.92 Å². The lowest BCUT2D eigenvalue weighted by molar-refractivity contribution is -0.121. The van der Waals surface area contributed by atoms with Gasteiger partial charge in [-0.2, -0.15) is 0 Å². The number of anilines is 1. The number of nitrogens with one attached hydrogen (secondary N) is 1. The fourth-order valence-electron chi connectivity index (χ4n) is 4.38. The number of imidazole rings is 1. The minimum atomic E-state index is -0.0412. The van der Waals surface area contributed by atoms with Crippen LogP contribution in [0.1, 0.15) is 38.6 Å². The van der Waals surface area contributed by atoms with E-state index in [2.05, 4.69) is 46.8 Å². The molecule has 1 aliphatic rings. The van der Waals surface area contributed by atoms with Crippen molar-refractivity contribution in [2.75, 3.05) is 25.5 Å². The van der Waals surface area contributed by atoms with Gasteiger partial charge in [-0.25, -0.2) is 4.98 Å². The van der Waals surface area contributed by atoms with Crippen LogP contribution in [0.15, 0.2) is 48.5 Å². The fourth-order valence-corrected chi connectivity index (χ4v) is 4.38. The van der Waals surface area contributed by atoms with Gasteiger partial charge >= 0.3 is 0 Å². The van der Waals surface area contributed by atoms with Gasteiger partial charge in [0.1, 0.15) is 11.6 Å². The van der Waals surface area contributed by atoms with Gasteiger partial charge in [0.2, 0.25) is 5.91 Å². The van der Waals surface area contributed by atoms with Crippen LogP contribution in [0.5, 0.6) is 5.75 Å². The van der Waals surface area contributed by atoms with E-state index in [0.29, 0.717) is 11.8 Å². The summed E-state index contributed by atoms with van der Waals surface area (Å²) in [6.07, 6.45) is 1.91. The second-order valence-corrected chi connectivity index (χ2v) is 8.24. The summed E-state index contributed by atoms with van der Waals surface area (Å²) < 4.78 is 7.68. The number of benzene rings is 2. The number of likely N-dealkylation sites (tertiary alicyclic amines) is 1. The number of nitrogens with zero attached hydrogens (tertiary/aromatic N) is 3. The molecule has 1 amide bonds. The Hall–Kier alpha value is -2.86. The number of para-hydroxylation sites is 4. The van der Waals surface area contributed by atoms with E-state index in [1.165, 1.54) is 5.52 Å². The number of amides is 1. The third kappa shape index (κ3) is 4.19. The number of carbonyl (C=O) groups excluding carboxylic acids is 1. The largest absolute Gasteiger partial charge is 0.495 e. The Labute approximate surface area is 177 Å². The van der Waals surface area contributed by atoms with E-state index < -0.39 is 0 Å². The minimum absolute atomic E-state index is 0.0412. The zero-order valence-corrected chi connectivity index (χ0v) is 18.0. The predicted octanol–water partition coefficient (Wildman–Crippen LogP) is 4.48. The molecule has 2 heterocycles. The first-order valence-electron chi connectivity index (χ1n) is 10.7. The quantitative estimate of drug-likeness (QED) is 0.656. The highest BCUT2D eigenvalue weighted by molar-refractivity contribution is 5.94. The summed E-state index contributed by atoms with van der Waals surface area (Å²) in [4.78, 5) is 20.2. The van der Waals surface area contributed by atoms with Crippen molar-refractivity contribution >= 4 is 22.6 Å². The molecular formula is C24H30N4O2. The molecular weight excluding hydrogens is 376 g/mol. The number of hydrogen-bond donors (Lipinski definition) is 1. The zero-order chi connectivity index (χ0) is 21.1. The highest BCUT2D eigenvalue weighted by Crippen LogP contribution is 2.27. The van der Waals surface area contributed by atoms with Crippen molar-refractivity contribution < 1.29 is 9.53 Å². The van der Waals surface area contributed by atoms with Crippen molar-refractivity contribution in [3.05, 3.63) is 54.4 Å². The SMILES string of the molecule is COc1ccccc1NC(=O)[C@@H]1CCCN(Cc2nc3ccccc3n2C(C)C)C1. The summed E-state index contributed by atoms with van der Waals surface area (Å²) in [6.45, 7) is 6.86. The lowest BCUT2D eigenvalue weighted by Crippen LogP contribution is -2.40. The molecule has 0 unspecified atom stereocenters. The Morgan fingerprint density at radius 1 is 1.20 bits per heavy atom. The summed E-state index contributed by atoms with van der Waals surface area (Å²) in [6, 6.07) is 16.2. The van der Waals surface area contributed by atoms with Crippen molar-refractivity contribution in [3.8, 4) is 5.75 Å². The third-order valence-corrected chi connectivity index (χ3v) is 5.79. The van der Waals surface area contributed by atoms with Crippen molar-refractivity contribution in [3.63, 3.8) is 0 Å². The average molecular weight is 407 g/mol. The molecule has 0 radical (unpaired) electrons. The number of methoxy groups -OCH3 is 1. The van der Waals surface area contributed by atoms with Crippen LogP contribution >= 0.6 is 0 Å². The maximum atomic E-state index is 12.9. The molecule has 0 saturated carbocycles. The molecule has 6 heteroatoms. The third-order valence-electron chi connectivity index (χ3n) is 5.79. The number of fused-ring (bicyclic) bond motifs is 1. The summed E-state index contributed by atoms with van der Waals surface area (Å²) in [5.74, 6) is 1.77. The molecule has 30 heavy (non-hydrogen) atoms. The first-order chi connectivity index (χ1) is 14.6. The Morgan fingerprint density at radius 3 is 2.77 bits per heavy atom. The van der Waals surface area contributed by atoms with E-state index in [9.17, 15) is 4.79 Å². The molecule has 2 aromatic carbocycles. The van der Waals surface area contributed by atoms with Crippen LogP contribution < -0.4 is 10.1 Å². The van der Waals surface area contributed by atoms with Crippen molar-refractivity contribution in [1.82, 2.24) is 14.5 Å². The van der Waals surface area contributed by atoms with Gasteiger partial charge in [-0.1, -0.05) is 24.3 Å². The Bertz CT molecular complexity index is 1030. The predicted molar refractivity (Wildman–Crippen MR) is 120 cm³/mol. The summed E-state index contributed by atoms with van der Waals surface area (Å²) in [5, 5.41) is 3.06. The Kier molecular flexibility index (Phi) is 6.04. The molecule has 4 rings (SSSR count). The number of piperidine rings is 1. The molecule has 0 aliphatic carbocycles. The van der Waals surface area contributed by atoms with Crippen molar-refractivity contribution in [1.29, 1.82) is 0 Å². The lowest BCUT2D eigenvalue weighted by atomic mass is 9.97. The summed E-state index contributed by atoms with van der Waals surface area (Å²) in [7, 11) is 1.62. The second-order valence-electron chi connectivity index (χ2n) is 8.24. The molecule has 6 nitrogen and oxygen atoms in total. The molecule has 1 aliphatic heterocycles. The first-order valence-corrected chi connectivity index (χ1v) is 10.7. The molecule has 158 valence electrons. The highest BCUT2D eigenvalue weighted by Gasteiger charge is 2.27. The smallest absolute Gasteiger partial charge is 0.228 e. The number of carbonyl (C=O) groups is 1. The second kappa shape index (κ2) is 8.88. The van der Waals surface area contributed by atoms with Crippen LogP contribution in [-0.2, 0) is 11.3 Å². The normalized spacial score (nSPS) is 17.4. The van der Waals surface area contributed by atoms with Crippen LogP contribution in [0.2, 0.25) is 0 Å². The molecule has 1 fully saturated rings. The molecule has 1 N–H and O–H groups in total. The van der Waals surface area contributed by atoms with E-state index >= 15 is 0 Å². The highest BCUT2D eigenvalue weighted by atomic mass is 16.5. The van der Waals surface area contributed by atoms with Gasteiger partial charge in [0.05, 0.1) is 36.3 Å². The molecule has 1 atom stereocenters. The van der Waals surface area contributed by atoms with Gasteiger partial charge in [0.15, 0.2) is 0 Å². The van der Waals surface area contributed by atoms with Gasteiger partial charge in [-0.15, -0.1) is 0 Å². The average Bonchev–Trinajstić information content (AvgIpc) is 3.12. The fraction of sp³-hybridized carbons (Fsp3) is 0.417. The van der Waals surface area contributed by atoms with Crippen LogP contribution in [0, 0.1) is 5.92 Å². The van der Waals surface area contributed by atoms with E-state index in [4.69, 9.17) is 9.72 Å². The number of hydrogen-bond acceptors (Lipinski definition) is 4. The van der Waals surface area contributed by atoms with Crippen molar-refractivity contribution in [2.45, 2.75) is 39.3 Å². The first kappa shape index (κ1) is 20.4. The standard InChI is InChI=1S/C24H30N4O2/c1-17(2)28-21-12-6-4-10-19(21)25-23(28)16-27-14-8-9-18(15-27)24(29)26-20-11-5-7-13-22(20)30-3/h4-7,10-13,17-18H,8-9,14-16H2,1-3H3,(H,26,29)/t18-/m1/s1. The molecule has 0 bridgehead atoms. The number of aromatic nitrogens is 2. The van der Waals surface area contributed by atoms with Crippen LogP contribution in [0.25, 0.3) is 11.0 Å². The molecule has 0 spiro atoms. The Balaban J connectivity index is 1.48. The van der Waals surface area contributed by atoms with Gasteiger partial charge in [0.25, 0.3) is 0 Å². The van der Waals surface area contributed by atoms with E-state index in [1.54, 1.807) is 7.11 Å². The van der Waals surface area contributed by atoms with Crippen LogP contribution in [0.4, 0.5) is 5.69 Å². The molecule has 1 aromatic heterocycles. The molecule has 3 aromatic rings. The number of ether oxygens (including phenoxy) is 1. The zero-order valence-electron chi connectivity index (χ0n) is 18.0. The van der Waals surface area contributed by atoms with E-state index in [0.717, 1.165) is 49.5 Å².